The Labute approximate surface area is 141 Å². The highest BCUT2D eigenvalue weighted by Crippen LogP contribution is 2.19. The van der Waals surface area contributed by atoms with Crippen LogP contribution >= 0.6 is 27.5 Å². The van der Waals surface area contributed by atoms with Crippen molar-refractivity contribution in [2.75, 3.05) is 0 Å². The van der Waals surface area contributed by atoms with Crippen molar-refractivity contribution in [3.8, 4) is 0 Å². The van der Waals surface area contributed by atoms with Gasteiger partial charge in [0.2, 0.25) is 0 Å². The number of aromatic carboxylic acids is 2. The molecule has 0 bridgehead atoms. The van der Waals surface area contributed by atoms with Crippen molar-refractivity contribution in [3.05, 3.63) is 68.1 Å². The fourth-order valence-electron chi connectivity index (χ4n) is 1.70. The molecule has 0 saturated carbocycles. The molecule has 0 aliphatic rings. The zero-order valence-corrected chi connectivity index (χ0v) is 14.3. The summed E-state index contributed by atoms with van der Waals surface area (Å²) in [6.07, 6.45) is 0. The first kappa shape index (κ1) is 18.2. The SMILES string of the molecule is Cc1ccc(C(=O)O)c(Cl)c1.Cc1cccc(Br)c1C(=O)O. The topological polar surface area (TPSA) is 74.6 Å². The Morgan fingerprint density at radius 2 is 1.68 bits per heavy atom. The van der Waals surface area contributed by atoms with Gasteiger partial charge in [-0.2, -0.15) is 0 Å². The Balaban J connectivity index is 0.000000220. The summed E-state index contributed by atoms with van der Waals surface area (Å²) >= 11 is 8.81. The van der Waals surface area contributed by atoms with Gasteiger partial charge in [-0.05, 0) is 59.1 Å². The highest BCUT2D eigenvalue weighted by Gasteiger charge is 2.09. The van der Waals surface area contributed by atoms with Crippen LogP contribution in [0.25, 0.3) is 0 Å². The van der Waals surface area contributed by atoms with Crippen LogP contribution in [-0.4, -0.2) is 22.2 Å². The van der Waals surface area contributed by atoms with Gasteiger partial charge in [0.1, 0.15) is 0 Å². The third-order valence-corrected chi connectivity index (χ3v) is 3.76. The van der Waals surface area contributed by atoms with Crippen LogP contribution in [-0.2, 0) is 0 Å². The molecular formula is C16H14BrClO4. The quantitative estimate of drug-likeness (QED) is 0.778. The molecule has 0 saturated heterocycles. The molecule has 0 aromatic heterocycles. The van der Waals surface area contributed by atoms with Gasteiger partial charge in [0.25, 0.3) is 0 Å². The summed E-state index contributed by atoms with van der Waals surface area (Å²) in [5.41, 5.74) is 2.22. The van der Waals surface area contributed by atoms with E-state index in [9.17, 15) is 9.59 Å². The van der Waals surface area contributed by atoms with E-state index in [1.165, 1.54) is 6.07 Å². The summed E-state index contributed by atoms with van der Waals surface area (Å²) in [4.78, 5) is 21.1. The molecule has 0 radical (unpaired) electrons. The van der Waals surface area contributed by atoms with Crippen LogP contribution in [0.5, 0.6) is 0 Å². The van der Waals surface area contributed by atoms with Crippen molar-refractivity contribution in [2.24, 2.45) is 0 Å². The van der Waals surface area contributed by atoms with E-state index in [0.717, 1.165) is 11.1 Å². The lowest BCUT2D eigenvalue weighted by Gasteiger charge is -2.01. The van der Waals surface area contributed by atoms with Crippen LogP contribution < -0.4 is 0 Å². The number of carbonyl (C=O) groups is 2. The number of aryl methyl sites for hydroxylation is 2. The van der Waals surface area contributed by atoms with E-state index in [1.807, 2.05) is 13.0 Å². The Hall–Kier alpha value is -1.85. The molecule has 0 spiro atoms. The predicted molar refractivity (Wildman–Crippen MR) is 89.0 cm³/mol. The first-order valence-electron chi connectivity index (χ1n) is 6.22. The fraction of sp³-hybridized carbons (Fsp3) is 0.125. The molecule has 22 heavy (non-hydrogen) atoms. The molecule has 0 amide bonds. The van der Waals surface area contributed by atoms with E-state index in [-0.39, 0.29) is 10.6 Å². The van der Waals surface area contributed by atoms with E-state index < -0.39 is 11.9 Å². The number of benzene rings is 2. The monoisotopic (exact) mass is 384 g/mol. The largest absolute Gasteiger partial charge is 0.478 e. The van der Waals surface area contributed by atoms with Crippen LogP contribution in [0.2, 0.25) is 5.02 Å². The molecule has 4 nitrogen and oxygen atoms in total. The van der Waals surface area contributed by atoms with Gasteiger partial charge < -0.3 is 10.2 Å². The van der Waals surface area contributed by atoms with E-state index in [1.54, 1.807) is 31.2 Å². The van der Waals surface area contributed by atoms with Crippen molar-refractivity contribution in [3.63, 3.8) is 0 Å². The van der Waals surface area contributed by atoms with Crippen LogP contribution in [0.3, 0.4) is 0 Å². The minimum atomic E-state index is -0.991. The second-order valence-corrected chi connectivity index (χ2v) is 5.79. The third kappa shape index (κ3) is 4.86. The van der Waals surface area contributed by atoms with E-state index in [0.29, 0.717) is 10.0 Å². The molecule has 2 aromatic carbocycles. The van der Waals surface area contributed by atoms with Crippen molar-refractivity contribution < 1.29 is 19.8 Å². The Kier molecular flexibility index (Phi) is 6.59. The Bertz CT molecular complexity index is 693. The molecule has 0 heterocycles. The van der Waals surface area contributed by atoms with Crippen LogP contribution in [0, 0.1) is 13.8 Å². The molecule has 6 heteroatoms. The normalized spacial score (nSPS) is 9.64. The number of hydrogen-bond donors (Lipinski definition) is 2. The lowest BCUT2D eigenvalue weighted by molar-refractivity contribution is 0.0685. The summed E-state index contributed by atoms with van der Waals surface area (Å²) in [5, 5.41) is 17.6. The summed E-state index contributed by atoms with van der Waals surface area (Å²) in [7, 11) is 0. The molecule has 0 fully saturated rings. The molecule has 2 N–H and O–H groups in total. The molecular weight excluding hydrogens is 372 g/mol. The van der Waals surface area contributed by atoms with Crippen LogP contribution in [0.15, 0.2) is 40.9 Å². The second-order valence-electron chi connectivity index (χ2n) is 4.53. The molecule has 0 unspecified atom stereocenters. The van der Waals surface area contributed by atoms with Gasteiger partial charge in [0, 0.05) is 4.47 Å². The van der Waals surface area contributed by atoms with Crippen molar-refractivity contribution in [1.82, 2.24) is 0 Å². The third-order valence-electron chi connectivity index (χ3n) is 2.79. The second kappa shape index (κ2) is 7.96. The molecule has 0 atom stereocenters. The van der Waals surface area contributed by atoms with Gasteiger partial charge in [0.05, 0.1) is 16.1 Å². The van der Waals surface area contributed by atoms with E-state index in [2.05, 4.69) is 15.9 Å². The zero-order chi connectivity index (χ0) is 16.9. The highest BCUT2D eigenvalue weighted by atomic mass is 79.9. The minimum Gasteiger partial charge on any atom is -0.478 e. The Morgan fingerprint density at radius 1 is 1.05 bits per heavy atom. The predicted octanol–water partition coefficient (Wildman–Crippen LogP) is 4.80. The van der Waals surface area contributed by atoms with E-state index in [4.69, 9.17) is 21.8 Å². The lowest BCUT2D eigenvalue weighted by Crippen LogP contribution is -2.00. The maximum Gasteiger partial charge on any atom is 0.337 e. The molecule has 2 aromatic rings. The summed E-state index contributed by atoms with van der Waals surface area (Å²) in [5.74, 6) is -1.88. The van der Waals surface area contributed by atoms with Gasteiger partial charge in [-0.1, -0.05) is 29.8 Å². The molecule has 0 aliphatic carbocycles. The summed E-state index contributed by atoms with van der Waals surface area (Å²) < 4.78 is 0.630. The molecule has 0 aliphatic heterocycles. The van der Waals surface area contributed by atoms with Crippen LogP contribution in [0.1, 0.15) is 31.8 Å². The van der Waals surface area contributed by atoms with Gasteiger partial charge in [-0.15, -0.1) is 0 Å². The molecule has 116 valence electrons. The lowest BCUT2D eigenvalue weighted by atomic mass is 10.1. The summed E-state index contributed by atoms with van der Waals surface area (Å²) in [6.45, 7) is 3.63. The van der Waals surface area contributed by atoms with Crippen molar-refractivity contribution >= 4 is 39.5 Å². The number of hydrogen-bond acceptors (Lipinski definition) is 2. The first-order valence-corrected chi connectivity index (χ1v) is 7.39. The Morgan fingerprint density at radius 3 is 2.09 bits per heavy atom. The average molecular weight is 386 g/mol. The number of carboxylic acids is 2. The average Bonchev–Trinajstić information content (AvgIpc) is 2.38. The smallest absolute Gasteiger partial charge is 0.337 e. The maximum absolute atomic E-state index is 10.6. The summed E-state index contributed by atoms with van der Waals surface area (Å²) in [6, 6.07) is 10.1. The maximum atomic E-state index is 10.6. The number of halogens is 2. The number of rotatable bonds is 2. The molecule has 2 rings (SSSR count). The zero-order valence-electron chi connectivity index (χ0n) is 11.9. The van der Waals surface area contributed by atoms with Gasteiger partial charge in [0.15, 0.2) is 0 Å². The standard InChI is InChI=1S/C8H7BrO2.C8H7ClO2/c1-5-3-2-4-6(9)7(5)8(10)11;1-5-2-3-6(8(10)11)7(9)4-5/h2*2-4H,1H3,(H,10,11). The van der Waals surface area contributed by atoms with Gasteiger partial charge in [-0.25, -0.2) is 9.59 Å². The highest BCUT2D eigenvalue weighted by molar-refractivity contribution is 9.10. The van der Waals surface area contributed by atoms with Gasteiger partial charge in [-0.3, -0.25) is 0 Å². The van der Waals surface area contributed by atoms with E-state index >= 15 is 0 Å². The van der Waals surface area contributed by atoms with Crippen molar-refractivity contribution in [2.45, 2.75) is 13.8 Å². The first-order chi connectivity index (χ1) is 10.2. The van der Waals surface area contributed by atoms with Gasteiger partial charge >= 0.3 is 11.9 Å². The fourth-order valence-corrected chi connectivity index (χ4v) is 2.65. The minimum absolute atomic E-state index is 0.150. The van der Waals surface area contributed by atoms with Crippen LogP contribution in [0.4, 0.5) is 0 Å². The van der Waals surface area contributed by atoms with Crippen molar-refractivity contribution in [1.29, 1.82) is 0 Å². The number of carboxylic acid groups (broad SMARTS) is 2.